The predicted molar refractivity (Wildman–Crippen MR) is 67.1 cm³/mol. The van der Waals surface area contributed by atoms with Crippen molar-refractivity contribution >= 4 is 19.1 Å². The third kappa shape index (κ3) is 2.22. The maximum absolute atomic E-state index is 5.64. The average molecular weight is 209 g/mol. The van der Waals surface area contributed by atoms with E-state index in [2.05, 4.69) is 15.3 Å². The van der Waals surface area contributed by atoms with E-state index in [0.717, 1.165) is 22.5 Å². The summed E-state index contributed by atoms with van der Waals surface area (Å²) in [6.07, 6.45) is 0. The van der Waals surface area contributed by atoms with Gasteiger partial charge in [0.2, 0.25) is 0 Å². The summed E-state index contributed by atoms with van der Waals surface area (Å²) in [5, 5.41) is 3.01. The Hall–Kier alpha value is -1.84. The number of hydrogen-bond acceptors (Lipinski definition) is 3. The lowest BCUT2D eigenvalue weighted by molar-refractivity contribution is 1.11. The van der Waals surface area contributed by atoms with Crippen molar-refractivity contribution in [1.82, 2.24) is 9.97 Å². The second-order valence-corrected chi connectivity index (χ2v) is 3.59. The minimum Gasteiger partial charge on any atom is -0.373 e. The summed E-state index contributed by atoms with van der Waals surface area (Å²) in [5.74, 6) is 1.53. The molecule has 1 aromatic carbocycles. The monoisotopic (exact) mass is 209 g/mol. The minimum atomic E-state index is 0.712. The number of hydrogen-bond donors (Lipinski definition) is 1. The molecule has 4 heteroatoms. The Morgan fingerprint density at radius 1 is 1.12 bits per heavy atom. The highest BCUT2D eigenvalue weighted by Crippen LogP contribution is 2.16. The maximum Gasteiger partial charge on any atom is 0.161 e. The van der Waals surface area contributed by atoms with Gasteiger partial charge in [-0.2, -0.15) is 0 Å². The molecule has 1 aromatic heterocycles. The molecular formula is C12H12BN3. The van der Waals surface area contributed by atoms with Crippen LogP contribution in [0.25, 0.3) is 11.4 Å². The first-order valence-corrected chi connectivity index (χ1v) is 5.08. The zero-order valence-electron chi connectivity index (χ0n) is 9.36. The van der Waals surface area contributed by atoms with Gasteiger partial charge < -0.3 is 5.32 Å². The van der Waals surface area contributed by atoms with Crippen LogP contribution in [0.5, 0.6) is 0 Å². The minimum absolute atomic E-state index is 0.712. The molecule has 0 aliphatic heterocycles. The number of anilines is 1. The highest BCUT2D eigenvalue weighted by molar-refractivity contribution is 6.32. The number of nitrogens with zero attached hydrogens (tertiary/aromatic N) is 2. The van der Waals surface area contributed by atoms with Crippen LogP contribution in [0.1, 0.15) is 5.69 Å². The molecule has 1 N–H and O–H groups in total. The fourth-order valence-corrected chi connectivity index (χ4v) is 1.46. The van der Waals surface area contributed by atoms with E-state index in [-0.39, 0.29) is 0 Å². The van der Waals surface area contributed by atoms with Crippen LogP contribution in [0.15, 0.2) is 30.3 Å². The maximum atomic E-state index is 5.64. The molecule has 0 saturated heterocycles. The van der Waals surface area contributed by atoms with Gasteiger partial charge in [0.1, 0.15) is 13.7 Å². The average Bonchev–Trinajstić information content (AvgIpc) is 2.29. The Morgan fingerprint density at radius 3 is 2.44 bits per heavy atom. The van der Waals surface area contributed by atoms with Crippen LogP contribution in [0.2, 0.25) is 0 Å². The smallest absolute Gasteiger partial charge is 0.161 e. The van der Waals surface area contributed by atoms with Gasteiger partial charge in [0.15, 0.2) is 5.82 Å². The van der Waals surface area contributed by atoms with E-state index >= 15 is 0 Å². The van der Waals surface area contributed by atoms with E-state index in [1.54, 1.807) is 0 Å². The van der Waals surface area contributed by atoms with Crippen molar-refractivity contribution in [3.8, 4) is 11.4 Å². The van der Waals surface area contributed by atoms with Crippen LogP contribution < -0.4 is 10.8 Å². The van der Waals surface area contributed by atoms with Gasteiger partial charge in [0.05, 0.1) is 0 Å². The summed E-state index contributed by atoms with van der Waals surface area (Å²) in [7, 11) is 7.48. The van der Waals surface area contributed by atoms with Crippen molar-refractivity contribution in [2.45, 2.75) is 6.92 Å². The van der Waals surface area contributed by atoms with Crippen molar-refractivity contribution in [3.05, 3.63) is 36.0 Å². The van der Waals surface area contributed by atoms with Gasteiger partial charge in [0.25, 0.3) is 0 Å². The largest absolute Gasteiger partial charge is 0.373 e. The van der Waals surface area contributed by atoms with Gasteiger partial charge >= 0.3 is 0 Å². The standard InChI is InChI=1S/C12H12BN3/c1-8-7-11(14-2)16-12(15-8)9-3-5-10(13)6-4-9/h3-7H,1-2H3,(H,14,15,16). The first kappa shape index (κ1) is 10.7. The molecule has 1 heterocycles. The van der Waals surface area contributed by atoms with Gasteiger partial charge in [-0.3, -0.25) is 0 Å². The van der Waals surface area contributed by atoms with E-state index in [9.17, 15) is 0 Å². The first-order chi connectivity index (χ1) is 7.69. The van der Waals surface area contributed by atoms with E-state index in [1.807, 2.05) is 44.3 Å². The predicted octanol–water partition coefficient (Wildman–Crippen LogP) is 1.29. The van der Waals surface area contributed by atoms with Crippen LogP contribution in [-0.4, -0.2) is 24.9 Å². The highest BCUT2D eigenvalue weighted by Gasteiger charge is 2.03. The van der Waals surface area contributed by atoms with Gasteiger partial charge in [-0.15, -0.1) is 0 Å². The molecule has 2 rings (SSSR count). The van der Waals surface area contributed by atoms with Crippen molar-refractivity contribution < 1.29 is 0 Å². The van der Waals surface area contributed by atoms with Crippen LogP contribution in [-0.2, 0) is 0 Å². The summed E-state index contributed by atoms with van der Waals surface area (Å²) in [6, 6.07) is 9.44. The second kappa shape index (κ2) is 4.35. The Balaban J connectivity index is 2.47. The van der Waals surface area contributed by atoms with Crippen LogP contribution >= 0.6 is 0 Å². The molecular weight excluding hydrogens is 197 g/mol. The van der Waals surface area contributed by atoms with E-state index in [4.69, 9.17) is 7.85 Å². The number of nitrogens with one attached hydrogen (secondary N) is 1. The zero-order valence-corrected chi connectivity index (χ0v) is 9.36. The lowest BCUT2D eigenvalue weighted by Gasteiger charge is -2.05. The molecule has 0 spiro atoms. The lowest BCUT2D eigenvalue weighted by atomic mass is 9.95. The molecule has 0 aliphatic rings. The molecule has 0 unspecified atom stereocenters. The van der Waals surface area contributed by atoms with E-state index in [0.29, 0.717) is 5.82 Å². The van der Waals surface area contributed by atoms with Crippen LogP contribution in [0.4, 0.5) is 5.82 Å². The molecule has 2 aromatic rings. The molecule has 2 radical (unpaired) electrons. The fraction of sp³-hybridized carbons (Fsp3) is 0.167. The highest BCUT2D eigenvalue weighted by atomic mass is 15.0. The topological polar surface area (TPSA) is 37.8 Å². The molecule has 0 amide bonds. The van der Waals surface area contributed by atoms with Crippen molar-refractivity contribution in [1.29, 1.82) is 0 Å². The van der Waals surface area contributed by atoms with Gasteiger partial charge in [-0.25, -0.2) is 9.97 Å². The number of benzene rings is 1. The SMILES string of the molecule is [B]c1ccc(-c2nc(C)cc(NC)n2)cc1. The summed E-state index contributed by atoms with van der Waals surface area (Å²) in [6.45, 7) is 1.95. The molecule has 0 fully saturated rings. The van der Waals surface area contributed by atoms with E-state index in [1.165, 1.54) is 0 Å². The van der Waals surface area contributed by atoms with Crippen LogP contribution in [0.3, 0.4) is 0 Å². The third-order valence-corrected chi connectivity index (χ3v) is 2.28. The number of aromatic nitrogens is 2. The molecule has 0 saturated carbocycles. The summed E-state index contributed by atoms with van der Waals surface area (Å²) >= 11 is 0. The van der Waals surface area contributed by atoms with Gasteiger partial charge in [0, 0.05) is 24.4 Å². The molecule has 16 heavy (non-hydrogen) atoms. The molecule has 3 nitrogen and oxygen atoms in total. The first-order valence-electron chi connectivity index (χ1n) is 5.08. The van der Waals surface area contributed by atoms with Crippen molar-refractivity contribution in [2.75, 3.05) is 12.4 Å². The van der Waals surface area contributed by atoms with Gasteiger partial charge in [-0.05, 0) is 6.92 Å². The fourth-order valence-electron chi connectivity index (χ4n) is 1.46. The normalized spacial score (nSPS) is 10.1. The number of aryl methyl sites for hydroxylation is 1. The Kier molecular flexibility index (Phi) is 2.90. The van der Waals surface area contributed by atoms with Crippen molar-refractivity contribution in [3.63, 3.8) is 0 Å². The summed E-state index contributed by atoms with van der Waals surface area (Å²) < 4.78 is 0. The molecule has 0 atom stereocenters. The quantitative estimate of drug-likeness (QED) is 0.757. The second-order valence-electron chi connectivity index (χ2n) is 3.59. The van der Waals surface area contributed by atoms with E-state index < -0.39 is 0 Å². The van der Waals surface area contributed by atoms with Gasteiger partial charge in [-0.1, -0.05) is 29.7 Å². The third-order valence-electron chi connectivity index (χ3n) is 2.28. The zero-order chi connectivity index (χ0) is 11.5. The van der Waals surface area contributed by atoms with Crippen LogP contribution in [0, 0.1) is 6.92 Å². The summed E-state index contributed by atoms with van der Waals surface area (Å²) in [4.78, 5) is 8.78. The van der Waals surface area contributed by atoms with Crippen molar-refractivity contribution in [2.24, 2.45) is 0 Å². The molecule has 0 aliphatic carbocycles. The molecule has 78 valence electrons. The molecule has 0 bridgehead atoms. The summed E-state index contributed by atoms with van der Waals surface area (Å²) in [5.41, 5.74) is 2.64. The Morgan fingerprint density at radius 2 is 1.81 bits per heavy atom. The Bertz CT molecular complexity index is 494. The lowest BCUT2D eigenvalue weighted by Crippen LogP contribution is -2.02. The Labute approximate surface area is 96.4 Å². The number of rotatable bonds is 2.